The molecule has 1 saturated heterocycles. The quantitative estimate of drug-likeness (QED) is 0.111. The fourth-order valence-corrected chi connectivity index (χ4v) is 5.87. The van der Waals surface area contributed by atoms with E-state index in [1.54, 1.807) is 34.6 Å². The number of rotatable bonds is 14. The van der Waals surface area contributed by atoms with Crippen molar-refractivity contribution in [2.75, 3.05) is 33.5 Å². The number of aliphatic hydroxyl groups is 1. The molecular weight excluding hydrogens is 525 g/mol. The summed E-state index contributed by atoms with van der Waals surface area (Å²) in [6.07, 6.45) is -5.31. The Labute approximate surface area is 220 Å². The van der Waals surface area contributed by atoms with Gasteiger partial charge in [0.1, 0.15) is 24.4 Å². The van der Waals surface area contributed by atoms with Crippen LogP contribution in [0.4, 0.5) is 0 Å². The highest BCUT2D eigenvalue weighted by molar-refractivity contribution is 7.54. The minimum atomic E-state index is -4.14. The molecule has 0 aliphatic carbocycles. The van der Waals surface area contributed by atoms with Crippen molar-refractivity contribution >= 4 is 7.60 Å². The van der Waals surface area contributed by atoms with E-state index in [0.717, 1.165) is 4.57 Å². The normalized spacial score (nSPS) is 23.7. The Morgan fingerprint density at radius 1 is 1.26 bits per heavy atom. The van der Waals surface area contributed by atoms with Gasteiger partial charge < -0.3 is 33.1 Å². The molecule has 2 N–H and O–H groups in total. The van der Waals surface area contributed by atoms with E-state index in [1.165, 1.54) is 20.2 Å². The number of azide groups is 1. The minimum Gasteiger partial charge on any atom is -0.387 e. The molecule has 1 aromatic heterocycles. The molecule has 216 valence electrons. The highest BCUT2D eigenvalue weighted by Crippen LogP contribution is 2.57. The van der Waals surface area contributed by atoms with Crippen molar-refractivity contribution in [1.82, 2.24) is 9.55 Å². The second-order valence-electron chi connectivity index (χ2n) is 9.48. The zero-order valence-electron chi connectivity index (χ0n) is 22.7. The van der Waals surface area contributed by atoms with Crippen molar-refractivity contribution in [3.05, 3.63) is 43.0 Å². The predicted molar refractivity (Wildman–Crippen MR) is 136 cm³/mol. The summed E-state index contributed by atoms with van der Waals surface area (Å²) in [6.45, 7) is 9.98. The van der Waals surface area contributed by atoms with Gasteiger partial charge in [-0.05, 0) is 47.1 Å². The van der Waals surface area contributed by atoms with Crippen LogP contribution in [-0.4, -0.2) is 84.0 Å². The number of aromatic amines is 1. The Kier molecular flexibility index (Phi) is 11.7. The first-order valence-electron chi connectivity index (χ1n) is 12.2. The number of aryl methyl sites for hydroxylation is 1. The molecule has 15 nitrogen and oxygen atoms in total. The summed E-state index contributed by atoms with van der Waals surface area (Å²) in [5.74, 6) is -1.57. The van der Waals surface area contributed by atoms with Crippen LogP contribution in [0.15, 0.2) is 20.9 Å². The van der Waals surface area contributed by atoms with Gasteiger partial charge in [-0.1, -0.05) is 5.11 Å². The highest BCUT2D eigenvalue weighted by atomic mass is 31.2. The van der Waals surface area contributed by atoms with Crippen LogP contribution in [0, 0.1) is 6.92 Å². The van der Waals surface area contributed by atoms with E-state index in [0.29, 0.717) is 0 Å². The van der Waals surface area contributed by atoms with Crippen LogP contribution < -0.4 is 11.2 Å². The van der Waals surface area contributed by atoms with Crippen LogP contribution >= 0.6 is 7.60 Å². The van der Waals surface area contributed by atoms with Crippen LogP contribution in [0.1, 0.15) is 46.4 Å². The molecule has 1 aliphatic heterocycles. The fraction of sp³-hybridized carbons (Fsp3) is 0.818. The molecule has 0 amide bonds. The van der Waals surface area contributed by atoms with E-state index in [-0.39, 0.29) is 32.0 Å². The fourth-order valence-electron chi connectivity index (χ4n) is 4.01. The lowest BCUT2D eigenvalue weighted by Crippen LogP contribution is -2.49. The van der Waals surface area contributed by atoms with Gasteiger partial charge >= 0.3 is 13.3 Å². The first kappa shape index (κ1) is 32.2. The number of H-pyrrole nitrogens is 1. The van der Waals surface area contributed by atoms with Gasteiger partial charge in [-0.15, -0.1) is 0 Å². The van der Waals surface area contributed by atoms with E-state index in [9.17, 15) is 24.8 Å². The lowest BCUT2D eigenvalue weighted by Gasteiger charge is -2.37. The monoisotopic (exact) mass is 563 g/mol. The van der Waals surface area contributed by atoms with Crippen molar-refractivity contribution in [1.29, 1.82) is 0 Å². The zero-order chi connectivity index (χ0) is 28.7. The Hall–Kier alpha value is -2.06. The van der Waals surface area contributed by atoms with Crippen LogP contribution in [0.25, 0.3) is 10.4 Å². The van der Waals surface area contributed by atoms with Gasteiger partial charge in [0, 0.05) is 23.8 Å². The Balaban J connectivity index is 2.67. The molecule has 0 bridgehead atoms. The maximum Gasteiger partial charge on any atom is 0.342 e. The van der Waals surface area contributed by atoms with Crippen molar-refractivity contribution in [3.8, 4) is 0 Å². The predicted octanol–water partition coefficient (Wildman–Crippen LogP) is 2.22. The van der Waals surface area contributed by atoms with Crippen LogP contribution in [-0.2, 0) is 32.6 Å². The van der Waals surface area contributed by atoms with E-state index in [4.69, 9.17) is 28.0 Å². The van der Waals surface area contributed by atoms with Gasteiger partial charge in [-0.3, -0.25) is 18.9 Å². The number of nitrogens with one attached hydrogen (secondary N) is 1. The Bertz CT molecular complexity index is 1120. The van der Waals surface area contributed by atoms with E-state index in [1.807, 2.05) is 0 Å². The van der Waals surface area contributed by atoms with Crippen molar-refractivity contribution < 1.29 is 37.7 Å². The molecular formula is C22H38N5O10P. The second kappa shape index (κ2) is 13.8. The summed E-state index contributed by atoms with van der Waals surface area (Å²) in [6, 6.07) is 0. The first-order valence-corrected chi connectivity index (χ1v) is 13.8. The topological polar surface area (TPSA) is 196 Å². The maximum atomic E-state index is 13.8. The summed E-state index contributed by atoms with van der Waals surface area (Å²) in [5.41, 5.74) is 7.29. The standard InChI is InChI=1S/C22H38N5O10P/c1-8-34-38(31,35-9-2)19(25-26-23)17(37-22(4,5)6)15-14(28)16(33-11-10-32-7)20(36-15)27-12-13(3)18(29)24-21(27)30/h12,14-17,19-20,28H,8-11H2,1-7H3,(H,24,29,30)/t14-,15+,16-,17+,19-,20-/m1/s1. The second-order valence-corrected chi connectivity index (χ2v) is 11.6. The molecule has 1 aromatic rings. The van der Waals surface area contributed by atoms with Gasteiger partial charge in [0.15, 0.2) is 12.0 Å². The number of hydrogen-bond donors (Lipinski definition) is 2. The lowest BCUT2D eigenvalue weighted by atomic mass is 10.0. The molecule has 2 rings (SSSR count). The molecule has 2 heterocycles. The third kappa shape index (κ3) is 7.75. The van der Waals surface area contributed by atoms with Crippen LogP contribution in [0.5, 0.6) is 0 Å². The molecule has 16 heteroatoms. The van der Waals surface area contributed by atoms with Gasteiger partial charge in [0.2, 0.25) is 0 Å². The smallest absolute Gasteiger partial charge is 0.342 e. The average Bonchev–Trinajstić information content (AvgIpc) is 3.14. The molecule has 1 fully saturated rings. The first-order chi connectivity index (χ1) is 17.8. The average molecular weight is 564 g/mol. The third-order valence-corrected chi connectivity index (χ3v) is 7.77. The summed E-state index contributed by atoms with van der Waals surface area (Å²) in [7, 11) is -2.67. The SMILES string of the molecule is CCOP(=O)(OCC)[C@@H](N=[N+]=[N-])[C@@H](OC(C)(C)C)[C@H]1O[C@@H](n2cc(C)c(=O)[nH]c2=O)[C@H](OCCOC)[C@@H]1O. The van der Waals surface area contributed by atoms with Crippen LogP contribution in [0.2, 0.25) is 0 Å². The summed E-state index contributed by atoms with van der Waals surface area (Å²) < 4.78 is 49.0. The Morgan fingerprint density at radius 3 is 2.42 bits per heavy atom. The summed E-state index contributed by atoms with van der Waals surface area (Å²) >= 11 is 0. The van der Waals surface area contributed by atoms with Crippen molar-refractivity contribution in [2.45, 2.75) is 83.6 Å². The van der Waals surface area contributed by atoms with Crippen molar-refractivity contribution in [2.24, 2.45) is 5.11 Å². The zero-order valence-corrected chi connectivity index (χ0v) is 23.6. The van der Waals surface area contributed by atoms with Gasteiger partial charge in [0.25, 0.3) is 5.56 Å². The molecule has 0 spiro atoms. The largest absolute Gasteiger partial charge is 0.387 e. The number of ether oxygens (including phenoxy) is 4. The van der Waals surface area contributed by atoms with E-state index < -0.39 is 60.9 Å². The number of nitrogens with zero attached hydrogens (tertiary/aromatic N) is 4. The number of aliphatic hydroxyl groups excluding tert-OH is 1. The summed E-state index contributed by atoms with van der Waals surface area (Å²) in [4.78, 5) is 29.7. The molecule has 6 atom stereocenters. The van der Waals surface area contributed by atoms with Gasteiger partial charge in [0.05, 0.1) is 32.0 Å². The van der Waals surface area contributed by atoms with Gasteiger partial charge in [-0.25, -0.2) is 4.79 Å². The molecule has 0 saturated carbocycles. The number of hydrogen-bond acceptors (Lipinski definition) is 11. The minimum absolute atomic E-state index is 0.0253. The molecule has 0 radical (unpaired) electrons. The van der Waals surface area contributed by atoms with Crippen LogP contribution in [0.3, 0.4) is 0 Å². The Morgan fingerprint density at radius 2 is 1.89 bits per heavy atom. The molecule has 0 aromatic carbocycles. The summed E-state index contributed by atoms with van der Waals surface area (Å²) in [5, 5.41) is 15.2. The number of methoxy groups -OCH3 is 1. The lowest BCUT2D eigenvalue weighted by molar-refractivity contribution is -0.151. The maximum absolute atomic E-state index is 13.8. The highest BCUT2D eigenvalue weighted by Gasteiger charge is 2.55. The molecule has 1 aliphatic rings. The third-order valence-electron chi connectivity index (χ3n) is 5.49. The molecule has 0 unspecified atom stereocenters. The van der Waals surface area contributed by atoms with Crippen molar-refractivity contribution in [3.63, 3.8) is 0 Å². The van der Waals surface area contributed by atoms with E-state index >= 15 is 0 Å². The molecule has 38 heavy (non-hydrogen) atoms. The van der Waals surface area contributed by atoms with E-state index in [2.05, 4.69) is 15.0 Å². The van der Waals surface area contributed by atoms with Gasteiger partial charge in [-0.2, -0.15) is 0 Å². The number of aromatic nitrogens is 2.